The number of rotatable bonds is 10. The first-order valence-corrected chi connectivity index (χ1v) is 12.3. The van der Waals surface area contributed by atoms with E-state index in [0.717, 1.165) is 18.4 Å². The lowest BCUT2D eigenvalue weighted by Gasteiger charge is -2.32. The van der Waals surface area contributed by atoms with Gasteiger partial charge in [-0.3, -0.25) is 9.59 Å². The van der Waals surface area contributed by atoms with Crippen LogP contribution in [-0.2, 0) is 20.7 Å². The third kappa shape index (κ3) is 8.29. The third-order valence-corrected chi connectivity index (χ3v) is 5.65. The van der Waals surface area contributed by atoms with Gasteiger partial charge in [-0.25, -0.2) is 4.79 Å². The van der Waals surface area contributed by atoms with Crippen molar-refractivity contribution in [1.82, 2.24) is 15.5 Å². The Morgan fingerprint density at radius 1 is 1.06 bits per heavy atom. The lowest BCUT2D eigenvalue weighted by Crippen LogP contribution is -2.52. The molecule has 0 aliphatic rings. The summed E-state index contributed by atoms with van der Waals surface area (Å²) in [6.45, 7) is 9.42. The molecule has 0 saturated heterocycles. The van der Waals surface area contributed by atoms with Crippen LogP contribution in [0.3, 0.4) is 0 Å². The van der Waals surface area contributed by atoms with Gasteiger partial charge in [-0.2, -0.15) is 0 Å². The van der Waals surface area contributed by atoms with Crippen LogP contribution in [0.15, 0.2) is 48.5 Å². The first-order valence-electron chi connectivity index (χ1n) is 12.3. The first-order chi connectivity index (χ1) is 16.9. The fourth-order valence-corrected chi connectivity index (χ4v) is 3.79. The molecule has 2 rings (SSSR count). The normalized spacial score (nSPS) is 12.8. The smallest absolute Gasteiger partial charge is 0.408 e. The Labute approximate surface area is 214 Å². The Bertz CT molecular complexity index is 1030. The van der Waals surface area contributed by atoms with E-state index in [4.69, 9.17) is 4.74 Å². The topological polar surface area (TPSA) is 108 Å². The van der Waals surface area contributed by atoms with E-state index in [1.54, 1.807) is 45.9 Å². The van der Waals surface area contributed by atoms with Crippen molar-refractivity contribution in [3.63, 3.8) is 0 Å². The Balaban J connectivity index is 2.42. The van der Waals surface area contributed by atoms with Crippen LogP contribution in [0.2, 0.25) is 0 Å². The number of aryl methyl sites for hydroxylation is 1. The number of aromatic hydroxyl groups is 1. The number of unbranched alkanes of at least 4 members (excludes halogenated alkanes) is 1. The van der Waals surface area contributed by atoms with E-state index in [1.165, 1.54) is 11.9 Å². The summed E-state index contributed by atoms with van der Waals surface area (Å²) < 4.78 is 5.39. The molecule has 0 heterocycles. The van der Waals surface area contributed by atoms with E-state index in [9.17, 15) is 19.5 Å². The average molecular weight is 498 g/mol. The molecular weight excluding hydrogens is 458 g/mol. The van der Waals surface area contributed by atoms with Gasteiger partial charge in [-0.05, 0) is 45.2 Å². The highest BCUT2D eigenvalue weighted by Crippen LogP contribution is 2.31. The molecule has 3 amide bonds. The maximum absolute atomic E-state index is 13.8. The summed E-state index contributed by atoms with van der Waals surface area (Å²) in [6.07, 6.45) is 1.15. The minimum atomic E-state index is -1.09. The monoisotopic (exact) mass is 497 g/mol. The largest absolute Gasteiger partial charge is 0.507 e. The van der Waals surface area contributed by atoms with Crippen LogP contribution in [-0.4, -0.2) is 53.1 Å². The number of likely N-dealkylation sites (N-methyl/N-ethyl adjacent to an activating group) is 1. The number of alkyl carbamates (subject to hydrolysis) is 1. The Hall–Kier alpha value is -3.55. The fraction of sp³-hybridized carbons (Fsp3) is 0.464. The van der Waals surface area contributed by atoms with Crippen molar-refractivity contribution in [3.8, 4) is 5.75 Å². The molecule has 0 bridgehead atoms. The van der Waals surface area contributed by atoms with Crippen LogP contribution in [0.1, 0.15) is 63.3 Å². The van der Waals surface area contributed by atoms with Gasteiger partial charge in [-0.15, -0.1) is 0 Å². The minimum Gasteiger partial charge on any atom is -0.507 e. The summed E-state index contributed by atoms with van der Waals surface area (Å²) in [5, 5.41) is 16.3. The van der Waals surface area contributed by atoms with E-state index in [-0.39, 0.29) is 12.2 Å². The highest BCUT2D eigenvalue weighted by atomic mass is 16.6. The van der Waals surface area contributed by atoms with E-state index in [1.807, 2.05) is 37.3 Å². The number of phenolic OH excluding ortho intramolecular Hbond substituents is 1. The molecular formula is C28H39N3O5. The predicted molar refractivity (Wildman–Crippen MR) is 140 cm³/mol. The van der Waals surface area contributed by atoms with Gasteiger partial charge in [0.15, 0.2) is 0 Å². The number of hydrogen-bond acceptors (Lipinski definition) is 5. The molecule has 0 spiro atoms. The highest BCUT2D eigenvalue weighted by Gasteiger charge is 2.35. The highest BCUT2D eigenvalue weighted by molar-refractivity contribution is 5.92. The maximum Gasteiger partial charge on any atom is 0.408 e. The summed E-state index contributed by atoms with van der Waals surface area (Å²) in [6, 6.07) is 12.3. The zero-order chi connectivity index (χ0) is 26.9. The summed E-state index contributed by atoms with van der Waals surface area (Å²) in [7, 11) is 1.50. The predicted octanol–water partition coefficient (Wildman–Crippen LogP) is 4.25. The second-order valence-corrected chi connectivity index (χ2v) is 9.90. The molecule has 0 fully saturated rings. The molecule has 3 N–H and O–H groups in total. The summed E-state index contributed by atoms with van der Waals surface area (Å²) in [5.74, 6) is -0.940. The zero-order valence-electron chi connectivity index (χ0n) is 22.1. The lowest BCUT2D eigenvalue weighted by molar-refractivity contribution is -0.140. The van der Waals surface area contributed by atoms with Gasteiger partial charge >= 0.3 is 6.09 Å². The molecule has 2 unspecified atom stereocenters. The van der Waals surface area contributed by atoms with Gasteiger partial charge < -0.3 is 25.4 Å². The number of benzene rings is 2. The van der Waals surface area contributed by atoms with Crippen LogP contribution in [0.4, 0.5) is 4.79 Å². The third-order valence-electron chi connectivity index (χ3n) is 5.65. The molecule has 196 valence electrons. The number of amides is 3. The fourth-order valence-electron chi connectivity index (χ4n) is 3.79. The number of hydrogen-bond donors (Lipinski definition) is 3. The van der Waals surface area contributed by atoms with Crippen molar-refractivity contribution >= 4 is 17.9 Å². The molecule has 2 aromatic rings. The average Bonchev–Trinajstić information content (AvgIpc) is 2.80. The second kappa shape index (κ2) is 13.0. The van der Waals surface area contributed by atoms with Crippen molar-refractivity contribution in [1.29, 1.82) is 0 Å². The van der Waals surface area contributed by atoms with Crippen molar-refractivity contribution in [2.45, 2.75) is 71.6 Å². The number of nitrogens with one attached hydrogen (secondary N) is 2. The van der Waals surface area contributed by atoms with Crippen molar-refractivity contribution < 1.29 is 24.2 Å². The van der Waals surface area contributed by atoms with Gasteiger partial charge in [0, 0.05) is 25.6 Å². The van der Waals surface area contributed by atoms with Gasteiger partial charge in [0.25, 0.3) is 0 Å². The summed E-state index contributed by atoms with van der Waals surface area (Å²) in [5.41, 5.74) is 0.997. The molecule has 36 heavy (non-hydrogen) atoms. The first kappa shape index (κ1) is 28.7. The summed E-state index contributed by atoms with van der Waals surface area (Å²) in [4.78, 5) is 41.0. The van der Waals surface area contributed by atoms with Gasteiger partial charge in [0.2, 0.25) is 11.8 Å². The molecule has 8 nitrogen and oxygen atoms in total. The Morgan fingerprint density at radius 3 is 2.33 bits per heavy atom. The van der Waals surface area contributed by atoms with Crippen molar-refractivity contribution in [2.24, 2.45) is 0 Å². The standard InChI is InChI=1S/C28H39N3O5/c1-7-8-17-29-25(33)23(21-16-12-13-19(2)24(21)32)31(6)26(34)22(18-20-14-10-9-11-15-20)30-27(35)36-28(3,4)5/h9-16,22-23,32H,7-8,17-18H2,1-6H3,(H,29,33)(H,30,35). The van der Waals surface area contributed by atoms with Gasteiger partial charge in [-0.1, -0.05) is 61.9 Å². The molecule has 0 aliphatic carbocycles. The van der Waals surface area contributed by atoms with E-state index in [2.05, 4.69) is 10.6 Å². The second-order valence-electron chi connectivity index (χ2n) is 9.90. The molecule has 0 radical (unpaired) electrons. The molecule has 0 aromatic heterocycles. The SMILES string of the molecule is CCCCNC(=O)C(c1cccc(C)c1O)N(C)C(=O)C(Cc1ccccc1)NC(=O)OC(C)(C)C. The van der Waals surface area contributed by atoms with Crippen LogP contribution < -0.4 is 10.6 Å². The lowest BCUT2D eigenvalue weighted by atomic mass is 9.98. The van der Waals surface area contributed by atoms with Crippen LogP contribution >= 0.6 is 0 Å². The quantitative estimate of drug-likeness (QED) is 0.425. The number of nitrogens with zero attached hydrogens (tertiary/aromatic N) is 1. The number of ether oxygens (including phenoxy) is 1. The van der Waals surface area contributed by atoms with E-state index in [0.29, 0.717) is 17.7 Å². The van der Waals surface area contributed by atoms with E-state index >= 15 is 0 Å². The van der Waals surface area contributed by atoms with Crippen LogP contribution in [0, 0.1) is 6.92 Å². The molecule has 2 atom stereocenters. The number of phenols is 1. The molecule has 8 heteroatoms. The van der Waals surface area contributed by atoms with Crippen LogP contribution in [0.25, 0.3) is 0 Å². The minimum absolute atomic E-state index is 0.0486. The molecule has 0 saturated carbocycles. The van der Waals surface area contributed by atoms with E-state index < -0.39 is 35.6 Å². The number of para-hydroxylation sites is 1. The zero-order valence-corrected chi connectivity index (χ0v) is 22.1. The maximum atomic E-state index is 13.8. The number of carbonyl (C=O) groups excluding carboxylic acids is 3. The molecule has 2 aromatic carbocycles. The van der Waals surface area contributed by atoms with Gasteiger partial charge in [0.1, 0.15) is 23.4 Å². The summed E-state index contributed by atoms with van der Waals surface area (Å²) >= 11 is 0. The van der Waals surface area contributed by atoms with Gasteiger partial charge in [0.05, 0.1) is 0 Å². The molecule has 0 aliphatic heterocycles. The number of carbonyl (C=O) groups is 3. The Kier molecular flexibility index (Phi) is 10.3. The van der Waals surface area contributed by atoms with Crippen molar-refractivity contribution in [3.05, 3.63) is 65.2 Å². The Morgan fingerprint density at radius 2 is 1.72 bits per heavy atom. The van der Waals surface area contributed by atoms with Crippen LogP contribution in [0.5, 0.6) is 5.75 Å². The van der Waals surface area contributed by atoms with Crippen molar-refractivity contribution in [2.75, 3.05) is 13.6 Å².